The molecule has 0 saturated carbocycles. The lowest BCUT2D eigenvalue weighted by molar-refractivity contribution is 0.0945. The molecule has 8 heteroatoms. The molecule has 1 aliphatic rings. The van der Waals surface area contributed by atoms with Crippen molar-refractivity contribution in [1.29, 1.82) is 0 Å². The number of ether oxygens (including phenoxy) is 2. The molecular weight excluding hydrogens is 356 g/mol. The van der Waals surface area contributed by atoms with Gasteiger partial charge in [-0.25, -0.2) is 8.78 Å². The number of carbonyl (C=O) groups excluding carboxylic acids is 1. The molecule has 0 fully saturated rings. The number of nitrogens with zero attached hydrogens (tertiary/aromatic N) is 2. The van der Waals surface area contributed by atoms with Crippen LogP contribution in [0.15, 0.2) is 42.5 Å². The van der Waals surface area contributed by atoms with Crippen molar-refractivity contribution in [2.75, 3.05) is 6.79 Å². The number of benzene rings is 2. The zero-order valence-electron chi connectivity index (χ0n) is 14.3. The minimum absolute atomic E-state index is 0.0415. The third-order valence-electron chi connectivity index (χ3n) is 4.21. The standard InChI is InChI=1S/C19H15F2N3O3/c1-24-16(13-7-12(20)3-4-14(13)21)8-15(23-24)19(25)22-9-11-2-5-17-18(6-11)27-10-26-17/h2-8H,9-10H2,1H3,(H,22,25). The van der Waals surface area contributed by atoms with E-state index in [9.17, 15) is 13.6 Å². The average molecular weight is 371 g/mol. The SMILES string of the molecule is Cn1nc(C(=O)NCc2ccc3c(c2)OCO3)cc1-c1cc(F)ccc1F. The monoisotopic (exact) mass is 371 g/mol. The van der Waals surface area contributed by atoms with Crippen molar-refractivity contribution in [2.45, 2.75) is 6.54 Å². The maximum Gasteiger partial charge on any atom is 0.272 e. The van der Waals surface area contributed by atoms with Crippen LogP contribution >= 0.6 is 0 Å². The van der Waals surface area contributed by atoms with Crippen LogP contribution in [0.2, 0.25) is 0 Å². The third kappa shape index (κ3) is 3.33. The highest BCUT2D eigenvalue weighted by Gasteiger charge is 2.18. The molecule has 1 aromatic heterocycles. The zero-order chi connectivity index (χ0) is 19.0. The Bertz CT molecular complexity index is 1030. The van der Waals surface area contributed by atoms with E-state index >= 15 is 0 Å². The molecule has 0 bridgehead atoms. The summed E-state index contributed by atoms with van der Waals surface area (Å²) in [6.07, 6.45) is 0. The fourth-order valence-electron chi connectivity index (χ4n) is 2.85. The molecule has 1 amide bonds. The highest BCUT2D eigenvalue weighted by atomic mass is 19.1. The molecule has 0 atom stereocenters. The third-order valence-corrected chi connectivity index (χ3v) is 4.21. The highest BCUT2D eigenvalue weighted by Crippen LogP contribution is 2.32. The molecule has 0 aliphatic carbocycles. The summed E-state index contributed by atoms with van der Waals surface area (Å²) < 4.78 is 39.3. The molecule has 0 unspecified atom stereocenters. The minimum atomic E-state index is -0.591. The van der Waals surface area contributed by atoms with Crippen LogP contribution in [-0.2, 0) is 13.6 Å². The van der Waals surface area contributed by atoms with Crippen molar-refractivity contribution < 1.29 is 23.0 Å². The van der Waals surface area contributed by atoms with Gasteiger partial charge in [0, 0.05) is 19.2 Å². The largest absolute Gasteiger partial charge is 0.454 e. The van der Waals surface area contributed by atoms with E-state index in [4.69, 9.17) is 9.47 Å². The number of nitrogens with one attached hydrogen (secondary N) is 1. The molecular formula is C19H15F2N3O3. The minimum Gasteiger partial charge on any atom is -0.454 e. The van der Waals surface area contributed by atoms with Crippen LogP contribution in [0.5, 0.6) is 11.5 Å². The smallest absolute Gasteiger partial charge is 0.272 e. The predicted molar refractivity (Wildman–Crippen MR) is 92.3 cm³/mol. The van der Waals surface area contributed by atoms with E-state index in [0.29, 0.717) is 17.2 Å². The summed E-state index contributed by atoms with van der Waals surface area (Å²) in [6, 6.07) is 9.95. The summed E-state index contributed by atoms with van der Waals surface area (Å²) in [5.74, 6) is -0.292. The van der Waals surface area contributed by atoms with E-state index in [1.54, 1.807) is 19.2 Å². The number of carbonyl (C=O) groups is 1. The second kappa shape index (κ2) is 6.71. The Morgan fingerprint density at radius 1 is 1.15 bits per heavy atom. The normalized spacial score (nSPS) is 12.3. The first kappa shape index (κ1) is 17.0. The Morgan fingerprint density at radius 3 is 2.81 bits per heavy atom. The van der Waals surface area contributed by atoms with Gasteiger partial charge in [0.05, 0.1) is 5.69 Å². The topological polar surface area (TPSA) is 65.4 Å². The van der Waals surface area contributed by atoms with Gasteiger partial charge in [0.25, 0.3) is 5.91 Å². The van der Waals surface area contributed by atoms with Crippen LogP contribution in [0, 0.1) is 11.6 Å². The van der Waals surface area contributed by atoms with Gasteiger partial charge >= 0.3 is 0 Å². The van der Waals surface area contributed by atoms with Crippen LogP contribution in [0.4, 0.5) is 8.78 Å². The molecule has 2 aromatic carbocycles. The van der Waals surface area contributed by atoms with Crippen molar-refractivity contribution >= 4 is 5.91 Å². The fraction of sp³-hybridized carbons (Fsp3) is 0.158. The van der Waals surface area contributed by atoms with Crippen molar-refractivity contribution in [3.05, 3.63) is 65.4 Å². The number of hydrogen-bond acceptors (Lipinski definition) is 4. The van der Waals surface area contributed by atoms with E-state index in [2.05, 4.69) is 10.4 Å². The summed E-state index contributed by atoms with van der Waals surface area (Å²) in [4.78, 5) is 12.4. The summed E-state index contributed by atoms with van der Waals surface area (Å²) in [5, 5.41) is 6.84. The second-order valence-electron chi connectivity index (χ2n) is 6.03. The Balaban J connectivity index is 1.50. The molecule has 4 rings (SSSR count). The number of aromatic nitrogens is 2. The number of fused-ring (bicyclic) bond motifs is 1. The molecule has 138 valence electrons. The number of aryl methyl sites for hydroxylation is 1. The van der Waals surface area contributed by atoms with E-state index in [-0.39, 0.29) is 24.6 Å². The summed E-state index contributed by atoms with van der Waals surface area (Å²) in [6.45, 7) is 0.439. The molecule has 2 heterocycles. The van der Waals surface area contributed by atoms with E-state index in [0.717, 1.165) is 23.8 Å². The van der Waals surface area contributed by atoms with Gasteiger partial charge in [-0.15, -0.1) is 0 Å². The maximum absolute atomic E-state index is 14.0. The number of halogens is 2. The Kier molecular flexibility index (Phi) is 4.23. The lowest BCUT2D eigenvalue weighted by Gasteiger charge is -2.04. The zero-order valence-corrected chi connectivity index (χ0v) is 14.3. The van der Waals surface area contributed by atoms with Crippen molar-refractivity contribution in [1.82, 2.24) is 15.1 Å². The first-order valence-electron chi connectivity index (χ1n) is 8.17. The van der Waals surface area contributed by atoms with Crippen LogP contribution in [0.3, 0.4) is 0 Å². The fourth-order valence-corrected chi connectivity index (χ4v) is 2.85. The van der Waals surface area contributed by atoms with Gasteiger partial charge in [0.2, 0.25) is 6.79 Å². The maximum atomic E-state index is 14.0. The van der Waals surface area contributed by atoms with Crippen LogP contribution in [0.1, 0.15) is 16.1 Å². The second-order valence-corrected chi connectivity index (χ2v) is 6.03. The lowest BCUT2D eigenvalue weighted by atomic mass is 10.1. The molecule has 1 N–H and O–H groups in total. The molecule has 0 spiro atoms. The summed E-state index contributed by atoms with van der Waals surface area (Å²) in [7, 11) is 1.56. The number of amides is 1. The van der Waals surface area contributed by atoms with Gasteiger partial charge in [-0.1, -0.05) is 6.07 Å². The van der Waals surface area contributed by atoms with E-state index in [1.165, 1.54) is 10.7 Å². The van der Waals surface area contributed by atoms with Crippen LogP contribution < -0.4 is 14.8 Å². The van der Waals surface area contributed by atoms with Gasteiger partial charge in [-0.3, -0.25) is 9.48 Å². The first-order valence-corrected chi connectivity index (χ1v) is 8.17. The molecule has 6 nitrogen and oxygen atoms in total. The highest BCUT2D eigenvalue weighted by molar-refractivity contribution is 5.93. The summed E-state index contributed by atoms with van der Waals surface area (Å²) >= 11 is 0. The quantitative estimate of drug-likeness (QED) is 0.766. The Morgan fingerprint density at radius 2 is 1.96 bits per heavy atom. The molecule has 0 saturated heterocycles. The predicted octanol–water partition coefficient (Wildman–Crippen LogP) is 3.02. The van der Waals surface area contributed by atoms with Gasteiger partial charge < -0.3 is 14.8 Å². The first-order chi connectivity index (χ1) is 13.0. The Labute approximate surface area is 153 Å². The lowest BCUT2D eigenvalue weighted by Crippen LogP contribution is -2.23. The van der Waals surface area contributed by atoms with Gasteiger partial charge in [-0.2, -0.15) is 5.10 Å². The number of rotatable bonds is 4. The van der Waals surface area contributed by atoms with Gasteiger partial charge in [0.15, 0.2) is 17.2 Å². The van der Waals surface area contributed by atoms with Crippen molar-refractivity contribution in [3.63, 3.8) is 0 Å². The molecule has 27 heavy (non-hydrogen) atoms. The van der Waals surface area contributed by atoms with E-state index in [1.807, 2.05) is 6.07 Å². The Hall–Kier alpha value is -3.42. The van der Waals surface area contributed by atoms with Crippen molar-refractivity contribution in [2.24, 2.45) is 7.05 Å². The van der Waals surface area contributed by atoms with Crippen molar-refractivity contribution in [3.8, 4) is 22.8 Å². The average Bonchev–Trinajstić information content (AvgIpc) is 3.27. The van der Waals surface area contributed by atoms with Gasteiger partial charge in [0.1, 0.15) is 11.6 Å². The van der Waals surface area contributed by atoms with Crippen LogP contribution in [-0.4, -0.2) is 22.5 Å². The van der Waals surface area contributed by atoms with Gasteiger partial charge in [-0.05, 0) is 42.0 Å². The van der Waals surface area contributed by atoms with Crippen LogP contribution in [0.25, 0.3) is 11.3 Å². The molecule has 0 radical (unpaired) electrons. The molecule has 1 aliphatic heterocycles. The van der Waals surface area contributed by atoms with E-state index < -0.39 is 17.5 Å². The molecule has 3 aromatic rings. The number of hydrogen-bond donors (Lipinski definition) is 1. The summed E-state index contributed by atoms with van der Waals surface area (Å²) in [5.41, 5.74) is 1.29.